The van der Waals surface area contributed by atoms with Gasteiger partial charge in [0.15, 0.2) is 12.1 Å². The zero-order valence-corrected chi connectivity index (χ0v) is 16.7. The molecule has 0 aliphatic carbocycles. The fraction of sp³-hybridized carbons (Fsp3) is 0.286. The van der Waals surface area contributed by atoms with Crippen molar-refractivity contribution in [3.8, 4) is 0 Å². The lowest BCUT2D eigenvalue weighted by Gasteiger charge is -2.20. The van der Waals surface area contributed by atoms with Gasteiger partial charge in [-0.1, -0.05) is 17.4 Å². The number of carbonyl (C=O) groups excluding carboxylic acids is 3. The third-order valence-corrected chi connectivity index (χ3v) is 5.37. The highest BCUT2D eigenvalue weighted by Gasteiger charge is 2.55. The van der Waals surface area contributed by atoms with E-state index in [1.807, 2.05) is 19.9 Å². The Morgan fingerprint density at radius 2 is 1.77 bits per heavy atom. The molecule has 1 fully saturated rings. The van der Waals surface area contributed by atoms with Crippen molar-refractivity contribution in [1.82, 2.24) is 5.01 Å². The third-order valence-electron chi connectivity index (χ3n) is 5.37. The van der Waals surface area contributed by atoms with E-state index >= 15 is 0 Å². The highest BCUT2D eigenvalue weighted by Crippen LogP contribution is 2.32. The van der Waals surface area contributed by atoms with Gasteiger partial charge in [-0.25, -0.2) is 9.29 Å². The fourth-order valence-electron chi connectivity index (χ4n) is 3.49. The van der Waals surface area contributed by atoms with Gasteiger partial charge in [0.2, 0.25) is 5.91 Å². The lowest BCUT2D eigenvalue weighted by Crippen LogP contribution is -2.43. The molecule has 1 saturated heterocycles. The molecule has 0 unspecified atom stereocenters. The molecule has 2 heterocycles. The number of nitrogens with one attached hydrogen (secondary N) is 1. The standard InChI is InChI=1S/C21H20FN5O3/c1-11-5-7-15(8-13(11)3)27-20(29)18-19(21(27)30)26(25-24-18)10-17(28)23-14-6-4-12(2)16(22)9-14/h4-9,18-19H,10H2,1-3H3,(H,23,28)/t18-,19-/m1/s1. The smallest absolute Gasteiger partial charge is 0.263 e. The number of anilines is 2. The van der Waals surface area contributed by atoms with E-state index in [1.54, 1.807) is 31.2 Å². The van der Waals surface area contributed by atoms with Gasteiger partial charge < -0.3 is 5.32 Å². The molecule has 0 saturated carbocycles. The summed E-state index contributed by atoms with van der Waals surface area (Å²) in [5.41, 5.74) is 3.22. The minimum absolute atomic E-state index is 0.292. The molecule has 0 spiro atoms. The average Bonchev–Trinajstić information content (AvgIpc) is 3.21. The van der Waals surface area contributed by atoms with Crippen LogP contribution >= 0.6 is 0 Å². The third kappa shape index (κ3) is 3.32. The molecule has 9 heteroatoms. The summed E-state index contributed by atoms with van der Waals surface area (Å²) >= 11 is 0. The van der Waals surface area contributed by atoms with Gasteiger partial charge in [0, 0.05) is 5.69 Å². The number of hydrogen-bond acceptors (Lipinski definition) is 6. The summed E-state index contributed by atoms with van der Waals surface area (Å²) in [7, 11) is 0. The van der Waals surface area contributed by atoms with Crippen molar-refractivity contribution in [2.24, 2.45) is 10.3 Å². The molecule has 2 aliphatic heterocycles. The highest BCUT2D eigenvalue weighted by molar-refractivity contribution is 6.25. The first-order valence-corrected chi connectivity index (χ1v) is 9.45. The first kappa shape index (κ1) is 19.7. The molecule has 0 bridgehead atoms. The van der Waals surface area contributed by atoms with Crippen LogP contribution < -0.4 is 10.2 Å². The number of hydrogen-bond donors (Lipinski definition) is 1. The van der Waals surface area contributed by atoms with E-state index in [9.17, 15) is 18.8 Å². The van der Waals surface area contributed by atoms with Crippen LogP contribution in [0.2, 0.25) is 0 Å². The predicted octanol–water partition coefficient (Wildman–Crippen LogP) is 2.68. The first-order valence-electron chi connectivity index (χ1n) is 9.45. The lowest BCUT2D eigenvalue weighted by atomic mass is 10.1. The maximum atomic E-state index is 13.7. The van der Waals surface area contributed by atoms with Crippen LogP contribution in [0.15, 0.2) is 46.7 Å². The van der Waals surface area contributed by atoms with Gasteiger partial charge in [-0.3, -0.25) is 19.4 Å². The van der Waals surface area contributed by atoms with Crippen LogP contribution in [0, 0.1) is 26.6 Å². The number of amides is 3. The van der Waals surface area contributed by atoms with Crippen molar-refractivity contribution >= 4 is 29.1 Å². The Bertz CT molecular complexity index is 1100. The minimum atomic E-state index is -0.983. The summed E-state index contributed by atoms with van der Waals surface area (Å²) in [5.74, 6) is -1.88. The van der Waals surface area contributed by atoms with Gasteiger partial charge in [0.05, 0.1) is 5.69 Å². The topological polar surface area (TPSA) is 94.4 Å². The van der Waals surface area contributed by atoms with Gasteiger partial charge in [-0.15, -0.1) is 0 Å². The zero-order chi connectivity index (χ0) is 21.6. The second-order valence-electron chi connectivity index (χ2n) is 7.48. The van der Waals surface area contributed by atoms with E-state index in [-0.39, 0.29) is 6.54 Å². The molecule has 2 aromatic rings. The Labute approximate surface area is 172 Å². The number of rotatable bonds is 4. The van der Waals surface area contributed by atoms with Crippen LogP contribution in [0.1, 0.15) is 16.7 Å². The Morgan fingerprint density at radius 3 is 2.47 bits per heavy atom. The Balaban J connectivity index is 1.49. The fourth-order valence-corrected chi connectivity index (χ4v) is 3.49. The van der Waals surface area contributed by atoms with Crippen LogP contribution in [0.5, 0.6) is 0 Å². The number of carbonyl (C=O) groups is 3. The minimum Gasteiger partial charge on any atom is -0.324 e. The quantitative estimate of drug-likeness (QED) is 0.786. The zero-order valence-electron chi connectivity index (χ0n) is 16.7. The van der Waals surface area contributed by atoms with Crippen molar-refractivity contribution in [3.05, 3.63) is 58.9 Å². The molecule has 2 atom stereocenters. The van der Waals surface area contributed by atoms with Crippen LogP contribution in [-0.4, -0.2) is 41.4 Å². The molecule has 154 valence electrons. The van der Waals surface area contributed by atoms with E-state index in [0.29, 0.717) is 16.9 Å². The molecule has 2 aliphatic rings. The Hall–Kier alpha value is -3.62. The van der Waals surface area contributed by atoms with Crippen LogP contribution in [0.4, 0.5) is 15.8 Å². The second kappa shape index (κ2) is 7.33. The maximum Gasteiger partial charge on any atom is 0.263 e. The summed E-state index contributed by atoms with van der Waals surface area (Å²) < 4.78 is 13.7. The SMILES string of the molecule is Cc1ccc(N2C(=O)[C@@H]3N=NN(CC(=O)Nc4ccc(C)c(F)c4)[C@H]3C2=O)cc1C. The number of imide groups is 1. The van der Waals surface area contributed by atoms with Crippen molar-refractivity contribution in [1.29, 1.82) is 0 Å². The number of aryl methyl sites for hydroxylation is 3. The van der Waals surface area contributed by atoms with E-state index < -0.39 is 35.6 Å². The van der Waals surface area contributed by atoms with Crippen LogP contribution in [0.3, 0.4) is 0 Å². The molecule has 3 amide bonds. The summed E-state index contributed by atoms with van der Waals surface area (Å²) in [6.07, 6.45) is 0. The normalized spacial score (nSPS) is 20.1. The van der Waals surface area contributed by atoms with E-state index in [2.05, 4.69) is 15.7 Å². The number of fused-ring (bicyclic) bond motifs is 1. The van der Waals surface area contributed by atoms with Gasteiger partial charge in [-0.05, 0) is 61.7 Å². The monoisotopic (exact) mass is 409 g/mol. The van der Waals surface area contributed by atoms with Crippen LogP contribution in [0.25, 0.3) is 0 Å². The number of halogens is 1. The summed E-state index contributed by atoms with van der Waals surface area (Å²) in [6.45, 7) is 5.17. The van der Waals surface area contributed by atoms with Gasteiger partial charge >= 0.3 is 0 Å². The first-order chi connectivity index (χ1) is 14.3. The largest absolute Gasteiger partial charge is 0.324 e. The van der Waals surface area contributed by atoms with Crippen molar-refractivity contribution in [2.75, 3.05) is 16.8 Å². The van der Waals surface area contributed by atoms with E-state index in [0.717, 1.165) is 16.0 Å². The summed E-state index contributed by atoms with van der Waals surface area (Å²) in [4.78, 5) is 39.2. The summed E-state index contributed by atoms with van der Waals surface area (Å²) in [5, 5.41) is 11.5. The number of benzene rings is 2. The van der Waals surface area contributed by atoms with E-state index in [1.165, 1.54) is 11.1 Å². The van der Waals surface area contributed by atoms with Crippen molar-refractivity contribution in [2.45, 2.75) is 32.9 Å². The lowest BCUT2D eigenvalue weighted by molar-refractivity contribution is -0.123. The molecule has 8 nitrogen and oxygen atoms in total. The number of nitrogens with zero attached hydrogens (tertiary/aromatic N) is 4. The van der Waals surface area contributed by atoms with Crippen LogP contribution in [-0.2, 0) is 14.4 Å². The maximum absolute atomic E-state index is 13.7. The molecule has 30 heavy (non-hydrogen) atoms. The summed E-state index contributed by atoms with van der Waals surface area (Å²) in [6, 6.07) is 7.71. The highest BCUT2D eigenvalue weighted by atomic mass is 19.1. The molecule has 4 rings (SSSR count). The second-order valence-corrected chi connectivity index (χ2v) is 7.48. The van der Waals surface area contributed by atoms with E-state index in [4.69, 9.17) is 0 Å². The van der Waals surface area contributed by atoms with Crippen molar-refractivity contribution in [3.63, 3.8) is 0 Å². The molecule has 1 N–H and O–H groups in total. The Morgan fingerprint density at radius 1 is 1.03 bits per heavy atom. The van der Waals surface area contributed by atoms with Crippen molar-refractivity contribution < 1.29 is 18.8 Å². The molecule has 2 aromatic carbocycles. The average molecular weight is 409 g/mol. The van der Waals surface area contributed by atoms with Gasteiger partial charge in [0.1, 0.15) is 12.4 Å². The molecule has 0 aromatic heterocycles. The van der Waals surface area contributed by atoms with Gasteiger partial charge in [-0.2, -0.15) is 5.11 Å². The molecular weight excluding hydrogens is 389 g/mol. The predicted molar refractivity (Wildman–Crippen MR) is 107 cm³/mol. The van der Waals surface area contributed by atoms with Gasteiger partial charge in [0.25, 0.3) is 11.8 Å². The molecule has 0 radical (unpaired) electrons. The molecular formula is C21H20FN5O3. The Kier molecular flexibility index (Phi) is 4.81.